The van der Waals surface area contributed by atoms with Gasteiger partial charge in [0.1, 0.15) is 12.4 Å². The van der Waals surface area contributed by atoms with Crippen molar-refractivity contribution >= 4 is 21.7 Å². The minimum absolute atomic E-state index is 0.0247. The first-order chi connectivity index (χ1) is 14.6. The number of amides is 1. The maximum absolute atomic E-state index is 12.8. The topological polar surface area (TPSA) is 106 Å². The minimum Gasteiger partial charge on any atom is -0.309 e. The van der Waals surface area contributed by atoms with E-state index in [9.17, 15) is 18.0 Å². The smallest absolute Gasteiger partial charge is 0.251 e. The zero-order chi connectivity index (χ0) is 24.5. The normalized spacial score (nSPS) is 12.9. The molecule has 0 saturated carbocycles. The number of nitrogens with zero attached hydrogens (tertiary/aromatic N) is 4. The van der Waals surface area contributed by atoms with Crippen molar-refractivity contribution in [2.24, 2.45) is 0 Å². The highest BCUT2D eigenvalue weighted by atomic mass is 32.2. The van der Waals surface area contributed by atoms with Crippen LogP contribution in [0.5, 0.6) is 0 Å². The number of aromatic nitrogens is 3. The van der Waals surface area contributed by atoms with Gasteiger partial charge in [-0.3, -0.25) is 9.59 Å². The fraction of sp³-hybridized carbons (Fsp3) is 0.591. The second-order valence-corrected chi connectivity index (χ2v) is 11.7. The summed E-state index contributed by atoms with van der Waals surface area (Å²) < 4.78 is 29.7. The molecule has 0 bridgehead atoms. The average Bonchev–Trinajstić information content (AvgIpc) is 3.08. The summed E-state index contributed by atoms with van der Waals surface area (Å²) in [4.78, 5) is 25.1. The zero-order valence-electron chi connectivity index (χ0n) is 20.3. The third-order valence-corrected chi connectivity index (χ3v) is 7.03. The predicted octanol–water partition coefficient (Wildman–Crippen LogP) is 2.77. The molecule has 2 aromatic rings. The van der Waals surface area contributed by atoms with Gasteiger partial charge in [0.2, 0.25) is 15.9 Å². The Hall–Kier alpha value is -2.46. The fourth-order valence-corrected chi connectivity index (χ4v) is 4.66. The van der Waals surface area contributed by atoms with Gasteiger partial charge in [-0.1, -0.05) is 34.6 Å². The van der Waals surface area contributed by atoms with Crippen molar-refractivity contribution in [1.82, 2.24) is 18.7 Å². The van der Waals surface area contributed by atoms with Gasteiger partial charge in [0.25, 0.3) is 5.56 Å². The van der Waals surface area contributed by atoms with E-state index in [1.807, 2.05) is 47.6 Å². The number of rotatable bonds is 7. The van der Waals surface area contributed by atoms with Crippen molar-refractivity contribution in [3.63, 3.8) is 0 Å². The van der Waals surface area contributed by atoms with E-state index in [1.54, 1.807) is 18.5 Å². The number of sulfonamides is 1. The second kappa shape index (κ2) is 9.19. The van der Waals surface area contributed by atoms with Gasteiger partial charge in [0, 0.05) is 36.8 Å². The van der Waals surface area contributed by atoms with E-state index in [-0.39, 0.29) is 22.4 Å². The number of hydrogen-bond acceptors (Lipinski definition) is 5. The first-order valence-corrected chi connectivity index (χ1v) is 12.2. The zero-order valence-corrected chi connectivity index (χ0v) is 21.1. The molecule has 0 aromatic carbocycles. The molecule has 1 N–H and O–H groups in total. The van der Waals surface area contributed by atoms with E-state index >= 15 is 0 Å². The summed E-state index contributed by atoms with van der Waals surface area (Å²) in [6.45, 7) is 15.8. The molecule has 0 aliphatic heterocycles. The van der Waals surface area contributed by atoms with Crippen LogP contribution in [0.25, 0.3) is 0 Å². The standard InChI is InChI=1S/C22H35N5O4S/c1-9-26(10-2)32(30,31)16-11-12-20(29)25(14-16)15-19(28)23-18-13-17(21(3,4)5)24-27(18)22(6,7)8/h11-14H,9-10,15H2,1-8H3,(H,23,28). The Bertz CT molecular complexity index is 1130. The van der Waals surface area contributed by atoms with Crippen molar-refractivity contribution in [2.75, 3.05) is 18.4 Å². The Labute approximate surface area is 190 Å². The summed E-state index contributed by atoms with van der Waals surface area (Å²) in [5, 5.41) is 7.49. The molecule has 1 amide bonds. The van der Waals surface area contributed by atoms with E-state index in [0.717, 1.165) is 10.3 Å². The van der Waals surface area contributed by atoms with Gasteiger partial charge in [-0.05, 0) is 26.8 Å². The van der Waals surface area contributed by atoms with Crippen LogP contribution in [0.4, 0.5) is 5.82 Å². The molecule has 0 fully saturated rings. The highest BCUT2D eigenvalue weighted by Gasteiger charge is 2.26. The third kappa shape index (κ3) is 5.66. The molecule has 0 aliphatic carbocycles. The molecule has 178 valence electrons. The molecule has 0 unspecified atom stereocenters. The van der Waals surface area contributed by atoms with Crippen LogP contribution >= 0.6 is 0 Å². The maximum atomic E-state index is 12.8. The highest BCUT2D eigenvalue weighted by molar-refractivity contribution is 7.89. The lowest BCUT2D eigenvalue weighted by Crippen LogP contribution is -2.33. The van der Waals surface area contributed by atoms with Crippen molar-refractivity contribution < 1.29 is 13.2 Å². The highest BCUT2D eigenvalue weighted by Crippen LogP contribution is 2.28. The molecule has 32 heavy (non-hydrogen) atoms. The maximum Gasteiger partial charge on any atom is 0.251 e. The van der Waals surface area contributed by atoms with Crippen LogP contribution in [-0.4, -0.2) is 46.1 Å². The average molecular weight is 466 g/mol. The molecular weight excluding hydrogens is 430 g/mol. The lowest BCUT2D eigenvalue weighted by atomic mass is 9.92. The van der Waals surface area contributed by atoms with Gasteiger partial charge in [-0.25, -0.2) is 13.1 Å². The fourth-order valence-electron chi connectivity index (χ4n) is 3.18. The van der Waals surface area contributed by atoms with Gasteiger partial charge in [0.15, 0.2) is 0 Å². The molecule has 9 nitrogen and oxygen atoms in total. The molecule has 0 atom stereocenters. The quantitative estimate of drug-likeness (QED) is 0.677. The Morgan fingerprint density at radius 2 is 1.69 bits per heavy atom. The molecule has 0 aliphatic rings. The van der Waals surface area contributed by atoms with Crippen molar-refractivity contribution in [3.8, 4) is 0 Å². The van der Waals surface area contributed by atoms with Gasteiger partial charge in [0.05, 0.1) is 16.1 Å². The number of anilines is 1. The Morgan fingerprint density at radius 1 is 1.09 bits per heavy atom. The van der Waals surface area contributed by atoms with Crippen LogP contribution in [0.2, 0.25) is 0 Å². The number of hydrogen-bond donors (Lipinski definition) is 1. The monoisotopic (exact) mass is 465 g/mol. The molecule has 0 saturated heterocycles. The van der Waals surface area contributed by atoms with Gasteiger partial charge >= 0.3 is 0 Å². The van der Waals surface area contributed by atoms with Crippen LogP contribution in [0, 0.1) is 0 Å². The van der Waals surface area contributed by atoms with Crippen LogP contribution in [-0.2, 0) is 32.3 Å². The van der Waals surface area contributed by atoms with Crippen LogP contribution < -0.4 is 10.9 Å². The number of nitrogens with one attached hydrogen (secondary N) is 1. The molecule has 0 spiro atoms. The van der Waals surface area contributed by atoms with E-state index in [1.165, 1.54) is 22.6 Å². The van der Waals surface area contributed by atoms with Crippen molar-refractivity contribution in [2.45, 2.75) is 77.8 Å². The molecule has 2 aromatic heterocycles. The molecule has 0 radical (unpaired) electrons. The Balaban J connectivity index is 2.35. The SMILES string of the molecule is CCN(CC)S(=O)(=O)c1ccc(=O)n(CC(=O)Nc2cc(C(C)(C)C)nn2C(C)(C)C)c1. The van der Waals surface area contributed by atoms with E-state index in [2.05, 4.69) is 10.4 Å². The lowest BCUT2D eigenvalue weighted by molar-refractivity contribution is -0.116. The van der Waals surface area contributed by atoms with Gasteiger partial charge in [-0.15, -0.1) is 0 Å². The molecule has 2 rings (SSSR count). The first-order valence-electron chi connectivity index (χ1n) is 10.7. The number of pyridine rings is 1. The van der Waals surface area contributed by atoms with Crippen LogP contribution in [0.1, 0.15) is 61.1 Å². The van der Waals surface area contributed by atoms with Crippen molar-refractivity contribution in [3.05, 3.63) is 40.4 Å². The number of carbonyl (C=O) groups excluding carboxylic acids is 1. The third-order valence-electron chi connectivity index (χ3n) is 4.99. The van der Waals surface area contributed by atoms with Crippen LogP contribution in [0.15, 0.2) is 34.1 Å². The summed E-state index contributed by atoms with van der Waals surface area (Å²) >= 11 is 0. The lowest BCUT2D eigenvalue weighted by Gasteiger charge is -2.23. The second-order valence-electron chi connectivity index (χ2n) is 9.72. The molecule has 2 heterocycles. The largest absolute Gasteiger partial charge is 0.309 e. The van der Waals surface area contributed by atoms with Crippen LogP contribution in [0.3, 0.4) is 0 Å². The van der Waals surface area contributed by atoms with Crippen molar-refractivity contribution in [1.29, 1.82) is 0 Å². The predicted molar refractivity (Wildman–Crippen MR) is 125 cm³/mol. The molecule has 10 heteroatoms. The van der Waals surface area contributed by atoms with Gasteiger partial charge < -0.3 is 9.88 Å². The summed E-state index contributed by atoms with van der Waals surface area (Å²) in [5.74, 6) is 0.0720. The summed E-state index contributed by atoms with van der Waals surface area (Å²) in [5.41, 5.74) is -0.216. The van der Waals surface area contributed by atoms with E-state index in [4.69, 9.17) is 0 Å². The Morgan fingerprint density at radius 3 is 2.19 bits per heavy atom. The minimum atomic E-state index is -3.75. The van der Waals surface area contributed by atoms with E-state index < -0.39 is 21.5 Å². The summed E-state index contributed by atoms with van der Waals surface area (Å²) in [6.07, 6.45) is 1.22. The van der Waals surface area contributed by atoms with Gasteiger partial charge in [-0.2, -0.15) is 9.40 Å². The Kier molecular flexibility index (Phi) is 7.41. The summed E-state index contributed by atoms with van der Waals surface area (Å²) in [6, 6.07) is 4.27. The number of carbonyl (C=O) groups is 1. The molecular formula is C22H35N5O4S. The van der Waals surface area contributed by atoms with E-state index in [0.29, 0.717) is 18.9 Å². The first kappa shape index (κ1) is 25.8. The summed E-state index contributed by atoms with van der Waals surface area (Å²) in [7, 11) is -3.75.